The zero-order valence-corrected chi connectivity index (χ0v) is 17.9. The first kappa shape index (κ1) is 21.5. The molecule has 8 heteroatoms. The van der Waals surface area contributed by atoms with Crippen LogP contribution in [0, 0.1) is 10.1 Å². The van der Waals surface area contributed by atoms with E-state index in [1.165, 1.54) is 6.07 Å². The Morgan fingerprint density at radius 1 is 1.09 bits per heavy atom. The highest BCUT2D eigenvalue weighted by Gasteiger charge is 2.25. The van der Waals surface area contributed by atoms with Gasteiger partial charge >= 0.3 is 0 Å². The van der Waals surface area contributed by atoms with Crippen LogP contribution < -0.4 is 4.90 Å². The topological polar surface area (TPSA) is 92.7 Å². The Morgan fingerprint density at radius 3 is 2.56 bits per heavy atom. The van der Waals surface area contributed by atoms with E-state index in [0.29, 0.717) is 18.0 Å². The van der Waals surface area contributed by atoms with Gasteiger partial charge in [0.25, 0.3) is 11.6 Å². The van der Waals surface area contributed by atoms with Crippen LogP contribution in [0.1, 0.15) is 47.4 Å². The number of carbonyl (C=O) groups excluding carboxylic acids is 1. The van der Waals surface area contributed by atoms with Gasteiger partial charge in [-0.3, -0.25) is 19.9 Å². The molecular weight excluding hydrogens is 408 g/mol. The maximum Gasteiger partial charge on any atom is 0.293 e. The summed E-state index contributed by atoms with van der Waals surface area (Å²) in [7, 11) is 0. The van der Waals surface area contributed by atoms with E-state index >= 15 is 0 Å². The Kier molecular flexibility index (Phi) is 6.79. The zero-order chi connectivity index (χ0) is 22.3. The summed E-state index contributed by atoms with van der Waals surface area (Å²) in [6, 6.07) is 12.1. The summed E-state index contributed by atoms with van der Waals surface area (Å²) >= 11 is 0. The maximum atomic E-state index is 13.4. The fraction of sp³-hybridized carbons (Fsp3) is 0.333. The van der Waals surface area contributed by atoms with Crippen molar-refractivity contribution in [1.29, 1.82) is 0 Å². The van der Waals surface area contributed by atoms with Gasteiger partial charge in [0.15, 0.2) is 0 Å². The number of nitrogens with zero attached hydrogens (tertiary/aromatic N) is 4. The largest absolute Gasteiger partial charge is 0.467 e. The van der Waals surface area contributed by atoms with Crippen LogP contribution in [0.15, 0.2) is 65.5 Å². The molecule has 2 aromatic heterocycles. The molecule has 0 saturated carbocycles. The highest BCUT2D eigenvalue weighted by atomic mass is 16.6. The third kappa shape index (κ3) is 5.14. The first-order valence-electron chi connectivity index (χ1n) is 10.9. The lowest BCUT2D eigenvalue weighted by Crippen LogP contribution is -2.30. The van der Waals surface area contributed by atoms with Crippen LogP contribution in [0.4, 0.5) is 11.4 Å². The number of amides is 1. The van der Waals surface area contributed by atoms with Gasteiger partial charge in [0, 0.05) is 43.7 Å². The van der Waals surface area contributed by atoms with Crippen molar-refractivity contribution in [3.05, 3.63) is 88.1 Å². The average Bonchev–Trinajstić information content (AvgIpc) is 3.18. The minimum Gasteiger partial charge on any atom is -0.467 e. The number of hydrogen-bond acceptors (Lipinski definition) is 6. The minimum absolute atomic E-state index is 0.0305. The fourth-order valence-corrected chi connectivity index (χ4v) is 4.07. The second-order valence-electron chi connectivity index (χ2n) is 7.96. The van der Waals surface area contributed by atoms with Gasteiger partial charge in [-0.25, -0.2) is 0 Å². The molecule has 3 heterocycles. The molecule has 0 aliphatic carbocycles. The van der Waals surface area contributed by atoms with Gasteiger partial charge in [-0.2, -0.15) is 0 Å². The van der Waals surface area contributed by atoms with Crippen molar-refractivity contribution in [3.8, 4) is 0 Å². The summed E-state index contributed by atoms with van der Waals surface area (Å²) in [5.74, 6) is 0.341. The summed E-state index contributed by atoms with van der Waals surface area (Å²) in [5.41, 5.74) is 1.70. The lowest BCUT2D eigenvalue weighted by atomic mass is 10.1. The maximum absolute atomic E-state index is 13.4. The van der Waals surface area contributed by atoms with E-state index in [4.69, 9.17) is 4.42 Å². The number of anilines is 1. The number of nitro groups is 1. The minimum atomic E-state index is -0.394. The predicted octanol–water partition coefficient (Wildman–Crippen LogP) is 4.81. The monoisotopic (exact) mass is 434 g/mol. The van der Waals surface area contributed by atoms with Crippen molar-refractivity contribution < 1.29 is 14.1 Å². The van der Waals surface area contributed by atoms with E-state index in [2.05, 4.69) is 9.88 Å². The van der Waals surface area contributed by atoms with Gasteiger partial charge in [0.05, 0.1) is 17.7 Å². The molecule has 1 fully saturated rings. The van der Waals surface area contributed by atoms with Crippen LogP contribution in [0.3, 0.4) is 0 Å². The second-order valence-corrected chi connectivity index (χ2v) is 7.96. The van der Waals surface area contributed by atoms with Crippen LogP contribution in [-0.4, -0.2) is 33.8 Å². The molecule has 4 rings (SSSR count). The van der Waals surface area contributed by atoms with Crippen molar-refractivity contribution in [3.63, 3.8) is 0 Å². The number of aromatic nitrogens is 1. The number of pyridine rings is 1. The molecule has 1 aliphatic heterocycles. The van der Waals surface area contributed by atoms with Gasteiger partial charge in [-0.1, -0.05) is 18.9 Å². The smallest absolute Gasteiger partial charge is 0.293 e. The molecule has 8 nitrogen and oxygen atoms in total. The van der Waals surface area contributed by atoms with Crippen LogP contribution in [0.2, 0.25) is 0 Å². The Bertz CT molecular complexity index is 1050. The number of carbonyl (C=O) groups is 1. The second kappa shape index (κ2) is 10.1. The Hall–Kier alpha value is -3.68. The molecule has 0 bridgehead atoms. The van der Waals surface area contributed by atoms with Crippen LogP contribution in [-0.2, 0) is 13.1 Å². The average molecular weight is 434 g/mol. The fourth-order valence-electron chi connectivity index (χ4n) is 4.07. The molecule has 1 saturated heterocycles. The lowest BCUT2D eigenvalue weighted by Gasteiger charge is -2.24. The highest BCUT2D eigenvalue weighted by molar-refractivity contribution is 5.95. The Balaban J connectivity index is 1.63. The Morgan fingerprint density at radius 2 is 1.91 bits per heavy atom. The summed E-state index contributed by atoms with van der Waals surface area (Å²) < 4.78 is 5.44. The molecule has 1 aromatic carbocycles. The zero-order valence-electron chi connectivity index (χ0n) is 17.9. The summed E-state index contributed by atoms with van der Waals surface area (Å²) in [5, 5.41) is 11.9. The number of nitro benzene ring substituents is 1. The third-order valence-electron chi connectivity index (χ3n) is 5.68. The molecule has 166 valence electrons. The summed E-state index contributed by atoms with van der Waals surface area (Å²) in [4.78, 5) is 32.7. The van der Waals surface area contributed by atoms with Crippen molar-refractivity contribution in [2.75, 3.05) is 18.0 Å². The van der Waals surface area contributed by atoms with Gasteiger partial charge in [-0.15, -0.1) is 0 Å². The van der Waals surface area contributed by atoms with Crippen LogP contribution in [0.25, 0.3) is 0 Å². The molecule has 1 amide bonds. The SMILES string of the molecule is O=C(c1ccc(N2CCCCCC2)c([N+](=O)[O-])c1)N(Cc1cccnc1)Cc1ccco1. The third-order valence-corrected chi connectivity index (χ3v) is 5.68. The molecule has 32 heavy (non-hydrogen) atoms. The normalized spacial score (nSPS) is 14.1. The van der Waals surface area contributed by atoms with E-state index in [0.717, 1.165) is 44.3 Å². The van der Waals surface area contributed by atoms with Crippen molar-refractivity contribution in [1.82, 2.24) is 9.88 Å². The van der Waals surface area contributed by atoms with Crippen LogP contribution >= 0.6 is 0 Å². The number of benzene rings is 1. The predicted molar refractivity (Wildman–Crippen MR) is 120 cm³/mol. The van der Waals surface area contributed by atoms with Crippen molar-refractivity contribution in [2.45, 2.75) is 38.8 Å². The molecule has 0 atom stereocenters. The van der Waals surface area contributed by atoms with Gasteiger partial charge in [-0.05, 0) is 48.7 Å². The van der Waals surface area contributed by atoms with Gasteiger partial charge in [0.2, 0.25) is 0 Å². The number of hydrogen-bond donors (Lipinski definition) is 0. The van der Waals surface area contributed by atoms with Gasteiger partial charge in [0.1, 0.15) is 11.4 Å². The van der Waals surface area contributed by atoms with Crippen LogP contribution in [0.5, 0.6) is 0 Å². The van der Waals surface area contributed by atoms with Gasteiger partial charge < -0.3 is 14.2 Å². The molecule has 0 spiro atoms. The molecule has 1 aliphatic rings. The number of furan rings is 1. The van der Waals surface area contributed by atoms with Crippen molar-refractivity contribution in [2.24, 2.45) is 0 Å². The molecular formula is C24H26N4O4. The molecule has 0 N–H and O–H groups in total. The van der Waals surface area contributed by atoms with E-state index < -0.39 is 4.92 Å². The Labute approximate surface area is 186 Å². The first-order chi connectivity index (χ1) is 15.6. The highest BCUT2D eigenvalue weighted by Crippen LogP contribution is 2.31. The van der Waals surface area contributed by atoms with Crippen molar-refractivity contribution >= 4 is 17.3 Å². The molecule has 0 radical (unpaired) electrons. The quantitative estimate of drug-likeness (QED) is 0.391. The molecule has 0 unspecified atom stereocenters. The number of rotatable bonds is 7. The standard InChI is InChI=1S/C24H26N4O4/c29-24(27(18-21-8-6-14-32-21)17-19-7-5-11-25-16-19)20-9-10-22(23(15-20)28(30)31)26-12-3-1-2-4-13-26/h5-11,14-16H,1-4,12-13,17-18H2. The molecule has 3 aromatic rings. The summed E-state index contributed by atoms with van der Waals surface area (Å²) in [6.07, 6.45) is 9.23. The van der Waals surface area contributed by atoms with E-state index in [-0.39, 0.29) is 23.7 Å². The first-order valence-corrected chi connectivity index (χ1v) is 10.9. The van der Waals surface area contributed by atoms with E-state index in [1.807, 2.05) is 12.1 Å². The van der Waals surface area contributed by atoms with E-state index in [1.54, 1.807) is 47.8 Å². The van der Waals surface area contributed by atoms with E-state index in [9.17, 15) is 14.9 Å². The lowest BCUT2D eigenvalue weighted by molar-refractivity contribution is -0.384. The summed E-state index contributed by atoms with van der Waals surface area (Å²) in [6.45, 7) is 2.15.